The van der Waals surface area contributed by atoms with E-state index in [-0.39, 0.29) is 18.0 Å². The van der Waals surface area contributed by atoms with Crippen molar-refractivity contribution in [3.63, 3.8) is 0 Å². The van der Waals surface area contributed by atoms with Crippen molar-refractivity contribution in [3.05, 3.63) is 64.2 Å². The summed E-state index contributed by atoms with van der Waals surface area (Å²) in [6.07, 6.45) is 0. The molecule has 0 heterocycles. The molecule has 0 aliphatic rings. The number of carbonyl (C=O) groups is 1. The normalized spacial score (nSPS) is 10.1. The van der Waals surface area contributed by atoms with Crippen LogP contribution in [-0.2, 0) is 0 Å². The lowest BCUT2D eigenvalue weighted by Gasteiger charge is -2.13. The van der Waals surface area contributed by atoms with Crippen LogP contribution >= 0.6 is 0 Å². The molecule has 0 fully saturated rings. The van der Waals surface area contributed by atoms with Gasteiger partial charge in [0.1, 0.15) is 0 Å². The van der Waals surface area contributed by atoms with Crippen LogP contribution in [0, 0.1) is 10.1 Å². The summed E-state index contributed by atoms with van der Waals surface area (Å²) in [6.45, 7) is 0.0858. The number of hydrogen-bond donors (Lipinski definition) is 1. The van der Waals surface area contributed by atoms with Crippen molar-refractivity contribution in [2.75, 3.05) is 30.9 Å². The molecule has 22 heavy (non-hydrogen) atoms. The van der Waals surface area contributed by atoms with Gasteiger partial charge in [0.05, 0.1) is 11.5 Å². The quantitative estimate of drug-likeness (QED) is 0.504. The maximum absolute atomic E-state index is 12.1. The molecule has 0 saturated heterocycles. The van der Waals surface area contributed by atoms with Gasteiger partial charge >= 0.3 is 0 Å². The molecule has 0 aliphatic heterocycles. The van der Waals surface area contributed by atoms with Crippen molar-refractivity contribution in [1.29, 1.82) is 0 Å². The summed E-state index contributed by atoms with van der Waals surface area (Å²) in [4.78, 5) is 24.3. The minimum Gasteiger partial charge on any atom is -0.378 e. The molecule has 0 aromatic heterocycles. The van der Waals surface area contributed by atoms with Crippen LogP contribution in [0.5, 0.6) is 0 Å². The number of non-ortho nitro benzene ring substituents is 1. The largest absolute Gasteiger partial charge is 0.378 e. The second kappa shape index (κ2) is 6.71. The first-order valence-electron chi connectivity index (χ1n) is 6.76. The van der Waals surface area contributed by atoms with Crippen LogP contribution in [0.25, 0.3) is 0 Å². The minimum atomic E-state index is -0.510. The molecule has 2 aromatic carbocycles. The molecule has 0 spiro atoms. The first-order chi connectivity index (χ1) is 10.5. The predicted octanol–water partition coefficient (Wildman–Crippen LogP) is 2.96. The van der Waals surface area contributed by atoms with Gasteiger partial charge in [0.25, 0.3) is 5.69 Å². The summed E-state index contributed by atoms with van der Waals surface area (Å²) >= 11 is 0. The Bertz CT molecular complexity index is 681. The molecule has 0 aliphatic carbocycles. The number of anilines is 2. The summed E-state index contributed by atoms with van der Waals surface area (Å²) in [7, 11) is 3.91. The van der Waals surface area contributed by atoms with E-state index in [1.807, 2.05) is 43.3 Å². The molecule has 0 atom stereocenters. The molecule has 2 aromatic rings. The van der Waals surface area contributed by atoms with Gasteiger partial charge in [-0.05, 0) is 24.3 Å². The third-order valence-electron chi connectivity index (χ3n) is 3.22. The van der Waals surface area contributed by atoms with E-state index in [4.69, 9.17) is 0 Å². The molecule has 0 amide bonds. The van der Waals surface area contributed by atoms with E-state index in [0.29, 0.717) is 5.56 Å². The zero-order chi connectivity index (χ0) is 16.1. The standard InChI is InChI=1S/C16H17N3O3/c1-18(2)14-8-6-13(7-9-14)17-11-16(20)12-4-3-5-15(10-12)19(21)22/h3-10,17H,11H2,1-2H3. The van der Waals surface area contributed by atoms with Crippen LogP contribution in [0.15, 0.2) is 48.5 Å². The zero-order valence-electron chi connectivity index (χ0n) is 12.4. The van der Waals surface area contributed by atoms with Gasteiger partial charge in [-0.3, -0.25) is 14.9 Å². The first-order valence-corrected chi connectivity index (χ1v) is 6.76. The number of nitro benzene ring substituents is 1. The number of carbonyl (C=O) groups excluding carboxylic acids is 1. The number of nitrogens with zero attached hydrogens (tertiary/aromatic N) is 2. The zero-order valence-corrected chi connectivity index (χ0v) is 12.4. The lowest BCUT2D eigenvalue weighted by molar-refractivity contribution is -0.384. The van der Waals surface area contributed by atoms with Gasteiger partial charge in [-0.2, -0.15) is 0 Å². The Labute approximate surface area is 128 Å². The van der Waals surface area contributed by atoms with Crippen molar-refractivity contribution >= 4 is 22.8 Å². The lowest BCUT2D eigenvalue weighted by Crippen LogP contribution is -2.14. The van der Waals surface area contributed by atoms with Gasteiger partial charge in [0.15, 0.2) is 5.78 Å². The van der Waals surface area contributed by atoms with Crippen molar-refractivity contribution in [1.82, 2.24) is 0 Å². The Balaban J connectivity index is 2.00. The summed E-state index contributed by atoms with van der Waals surface area (Å²) in [5.41, 5.74) is 2.13. The second-order valence-electron chi connectivity index (χ2n) is 5.03. The Morgan fingerprint density at radius 1 is 1.18 bits per heavy atom. The number of rotatable bonds is 6. The number of benzene rings is 2. The monoisotopic (exact) mass is 299 g/mol. The smallest absolute Gasteiger partial charge is 0.270 e. The van der Waals surface area contributed by atoms with Gasteiger partial charge in [0, 0.05) is 43.2 Å². The summed E-state index contributed by atoms with van der Waals surface area (Å²) < 4.78 is 0. The Kier molecular flexibility index (Phi) is 4.73. The Morgan fingerprint density at radius 2 is 1.86 bits per heavy atom. The van der Waals surface area contributed by atoms with Gasteiger partial charge in [-0.1, -0.05) is 12.1 Å². The maximum Gasteiger partial charge on any atom is 0.270 e. The molecule has 0 bridgehead atoms. The van der Waals surface area contributed by atoms with E-state index < -0.39 is 4.92 Å². The number of ketones is 1. The highest BCUT2D eigenvalue weighted by Gasteiger charge is 2.11. The average Bonchev–Trinajstić information content (AvgIpc) is 2.53. The summed E-state index contributed by atoms with van der Waals surface area (Å²) in [6, 6.07) is 13.4. The molecular weight excluding hydrogens is 282 g/mol. The third kappa shape index (κ3) is 3.82. The fourth-order valence-corrected chi connectivity index (χ4v) is 1.95. The van der Waals surface area contributed by atoms with E-state index in [9.17, 15) is 14.9 Å². The summed E-state index contributed by atoms with van der Waals surface area (Å²) in [5.74, 6) is -0.194. The van der Waals surface area contributed by atoms with Crippen molar-refractivity contribution in [2.24, 2.45) is 0 Å². The molecule has 0 radical (unpaired) electrons. The van der Waals surface area contributed by atoms with Crippen LogP contribution in [0.4, 0.5) is 17.1 Å². The molecule has 1 N–H and O–H groups in total. The minimum absolute atomic E-state index is 0.0822. The predicted molar refractivity (Wildman–Crippen MR) is 86.7 cm³/mol. The highest BCUT2D eigenvalue weighted by molar-refractivity contribution is 5.99. The lowest BCUT2D eigenvalue weighted by atomic mass is 10.1. The number of nitro groups is 1. The van der Waals surface area contributed by atoms with Crippen LogP contribution < -0.4 is 10.2 Å². The number of Topliss-reactive ketones (excluding diaryl/α,β-unsaturated/α-hetero) is 1. The number of nitrogens with one attached hydrogen (secondary N) is 1. The molecular formula is C16H17N3O3. The first kappa shape index (κ1) is 15.5. The average molecular weight is 299 g/mol. The Hall–Kier alpha value is -2.89. The van der Waals surface area contributed by atoms with Crippen LogP contribution in [-0.4, -0.2) is 31.3 Å². The molecule has 0 unspecified atom stereocenters. The van der Waals surface area contributed by atoms with Crippen LogP contribution in [0.3, 0.4) is 0 Å². The highest BCUT2D eigenvalue weighted by Crippen LogP contribution is 2.16. The second-order valence-corrected chi connectivity index (χ2v) is 5.03. The van der Waals surface area contributed by atoms with Gasteiger partial charge < -0.3 is 10.2 Å². The van der Waals surface area contributed by atoms with Gasteiger partial charge in [0.2, 0.25) is 0 Å². The van der Waals surface area contributed by atoms with E-state index in [0.717, 1.165) is 11.4 Å². The van der Waals surface area contributed by atoms with E-state index in [1.165, 1.54) is 18.2 Å². The fourth-order valence-electron chi connectivity index (χ4n) is 1.95. The molecule has 114 valence electrons. The number of hydrogen-bond acceptors (Lipinski definition) is 5. The van der Waals surface area contributed by atoms with Crippen LogP contribution in [0.2, 0.25) is 0 Å². The van der Waals surface area contributed by atoms with Crippen LogP contribution in [0.1, 0.15) is 10.4 Å². The van der Waals surface area contributed by atoms with Crippen molar-refractivity contribution < 1.29 is 9.72 Å². The van der Waals surface area contributed by atoms with Gasteiger partial charge in [-0.15, -0.1) is 0 Å². The van der Waals surface area contributed by atoms with E-state index in [1.54, 1.807) is 6.07 Å². The highest BCUT2D eigenvalue weighted by atomic mass is 16.6. The SMILES string of the molecule is CN(C)c1ccc(NCC(=O)c2cccc([N+](=O)[O-])c2)cc1. The van der Waals surface area contributed by atoms with E-state index in [2.05, 4.69) is 5.32 Å². The van der Waals surface area contributed by atoms with Crippen molar-refractivity contribution in [2.45, 2.75) is 0 Å². The third-order valence-corrected chi connectivity index (χ3v) is 3.22. The summed E-state index contributed by atoms with van der Waals surface area (Å²) in [5, 5.41) is 13.7. The van der Waals surface area contributed by atoms with Crippen molar-refractivity contribution in [3.8, 4) is 0 Å². The maximum atomic E-state index is 12.1. The fraction of sp³-hybridized carbons (Fsp3) is 0.188. The molecule has 2 rings (SSSR count). The molecule has 6 nitrogen and oxygen atoms in total. The van der Waals surface area contributed by atoms with E-state index >= 15 is 0 Å². The molecule has 0 saturated carbocycles. The van der Waals surface area contributed by atoms with Gasteiger partial charge in [-0.25, -0.2) is 0 Å². The topological polar surface area (TPSA) is 75.5 Å². The molecule has 6 heteroatoms. The Morgan fingerprint density at radius 3 is 2.45 bits per heavy atom.